The van der Waals surface area contributed by atoms with Crippen LogP contribution < -0.4 is 10.6 Å². The highest BCUT2D eigenvalue weighted by molar-refractivity contribution is 5.65. The Kier molecular flexibility index (Phi) is 3.60. The summed E-state index contributed by atoms with van der Waals surface area (Å²) >= 11 is 0. The molecule has 0 aromatic carbocycles. The van der Waals surface area contributed by atoms with Crippen molar-refractivity contribution in [3.05, 3.63) is 17.8 Å². The second kappa shape index (κ2) is 5.03. The predicted octanol–water partition coefficient (Wildman–Crippen LogP) is 0.512. The average Bonchev–Trinajstić information content (AvgIpc) is 2.36. The SMILES string of the molecule is CC1(C)CN(c2ncc(C#N)cc2N)CC(CO)O1. The number of aliphatic hydroxyl groups is 1. The van der Waals surface area contributed by atoms with Gasteiger partial charge in [-0.25, -0.2) is 4.98 Å². The molecule has 3 N–H and O–H groups in total. The maximum absolute atomic E-state index is 9.29. The van der Waals surface area contributed by atoms with E-state index in [1.54, 1.807) is 6.07 Å². The molecule has 1 fully saturated rings. The number of aliphatic hydroxyl groups excluding tert-OH is 1. The van der Waals surface area contributed by atoms with Crippen LogP contribution >= 0.6 is 0 Å². The Labute approximate surface area is 112 Å². The Morgan fingerprint density at radius 2 is 2.42 bits per heavy atom. The van der Waals surface area contributed by atoms with Crippen molar-refractivity contribution in [1.29, 1.82) is 5.26 Å². The van der Waals surface area contributed by atoms with Gasteiger partial charge in [0, 0.05) is 19.3 Å². The van der Waals surface area contributed by atoms with Crippen LogP contribution in [0.1, 0.15) is 19.4 Å². The number of anilines is 2. The summed E-state index contributed by atoms with van der Waals surface area (Å²) in [6.07, 6.45) is 1.24. The number of rotatable bonds is 2. The summed E-state index contributed by atoms with van der Waals surface area (Å²) in [5.74, 6) is 0.633. The minimum atomic E-state index is -0.381. The molecule has 1 unspecified atom stereocenters. The first-order valence-electron chi connectivity index (χ1n) is 6.14. The molecule has 6 nitrogen and oxygen atoms in total. The zero-order chi connectivity index (χ0) is 14.0. The third-order valence-corrected chi connectivity index (χ3v) is 3.01. The van der Waals surface area contributed by atoms with E-state index in [1.807, 2.05) is 24.8 Å². The van der Waals surface area contributed by atoms with Crippen LogP contribution in [0.4, 0.5) is 11.5 Å². The van der Waals surface area contributed by atoms with Crippen LogP contribution in [0, 0.1) is 11.3 Å². The largest absolute Gasteiger partial charge is 0.396 e. The number of morpholine rings is 1. The highest BCUT2D eigenvalue weighted by Gasteiger charge is 2.34. The highest BCUT2D eigenvalue weighted by atomic mass is 16.5. The maximum Gasteiger partial charge on any atom is 0.152 e. The maximum atomic E-state index is 9.29. The van der Waals surface area contributed by atoms with E-state index in [9.17, 15) is 5.11 Å². The standard InChI is InChI=1S/C13H18N4O2/c1-13(2)8-17(6-10(7-18)19-13)12-11(15)3-9(4-14)5-16-12/h3,5,10,18H,6-8,15H2,1-2H3. The lowest BCUT2D eigenvalue weighted by Gasteiger charge is -2.43. The van der Waals surface area contributed by atoms with Gasteiger partial charge >= 0.3 is 0 Å². The predicted molar refractivity (Wildman–Crippen MR) is 71.6 cm³/mol. The van der Waals surface area contributed by atoms with Crippen LogP contribution in [0.25, 0.3) is 0 Å². The molecule has 0 spiro atoms. The summed E-state index contributed by atoms with van der Waals surface area (Å²) in [7, 11) is 0. The Bertz CT molecular complexity index is 510. The van der Waals surface area contributed by atoms with E-state index in [4.69, 9.17) is 15.7 Å². The average molecular weight is 262 g/mol. The fourth-order valence-electron chi connectivity index (χ4n) is 2.35. The fraction of sp³-hybridized carbons (Fsp3) is 0.538. The van der Waals surface area contributed by atoms with Crippen LogP contribution in [-0.2, 0) is 4.74 Å². The lowest BCUT2D eigenvalue weighted by molar-refractivity contribution is -0.101. The molecule has 0 radical (unpaired) electrons. The number of aromatic nitrogens is 1. The topological polar surface area (TPSA) is 95.4 Å². The smallest absolute Gasteiger partial charge is 0.152 e. The molecule has 19 heavy (non-hydrogen) atoms. The van der Waals surface area contributed by atoms with E-state index in [-0.39, 0.29) is 18.3 Å². The number of nitrogen functional groups attached to an aromatic ring is 1. The van der Waals surface area contributed by atoms with Gasteiger partial charge in [0.05, 0.1) is 29.6 Å². The van der Waals surface area contributed by atoms with Crippen molar-refractivity contribution in [1.82, 2.24) is 4.98 Å². The van der Waals surface area contributed by atoms with Gasteiger partial charge in [-0.15, -0.1) is 0 Å². The third-order valence-electron chi connectivity index (χ3n) is 3.01. The second-order valence-electron chi connectivity index (χ2n) is 5.31. The van der Waals surface area contributed by atoms with Gasteiger partial charge in [0.1, 0.15) is 6.07 Å². The summed E-state index contributed by atoms with van der Waals surface area (Å²) in [6.45, 7) is 5.04. The monoisotopic (exact) mass is 262 g/mol. The molecule has 102 valence electrons. The fourth-order valence-corrected chi connectivity index (χ4v) is 2.35. The molecule has 2 rings (SSSR count). The molecule has 2 heterocycles. The molecule has 1 saturated heterocycles. The van der Waals surface area contributed by atoms with Crippen molar-refractivity contribution >= 4 is 11.5 Å². The van der Waals surface area contributed by atoms with E-state index >= 15 is 0 Å². The minimum Gasteiger partial charge on any atom is -0.396 e. The van der Waals surface area contributed by atoms with Crippen LogP contribution in [0.2, 0.25) is 0 Å². The first-order valence-corrected chi connectivity index (χ1v) is 6.14. The molecule has 6 heteroatoms. The van der Waals surface area contributed by atoms with Crippen LogP contribution in [-0.4, -0.2) is 41.5 Å². The summed E-state index contributed by atoms with van der Waals surface area (Å²) in [6, 6.07) is 3.62. The number of ether oxygens (including phenoxy) is 1. The van der Waals surface area contributed by atoms with Gasteiger partial charge in [-0.2, -0.15) is 5.26 Å². The number of nitriles is 1. The van der Waals surface area contributed by atoms with Crippen LogP contribution in [0.3, 0.4) is 0 Å². The zero-order valence-electron chi connectivity index (χ0n) is 11.1. The summed E-state index contributed by atoms with van der Waals surface area (Å²) in [4.78, 5) is 6.24. The summed E-state index contributed by atoms with van der Waals surface area (Å²) < 4.78 is 5.75. The molecule has 0 aliphatic carbocycles. The van der Waals surface area contributed by atoms with Crippen molar-refractivity contribution in [2.75, 3.05) is 30.3 Å². The van der Waals surface area contributed by atoms with Crippen LogP contribution in [0.5, 0.6) is 0 Å². The lowest BCUT2D eigenvalue weighted by atomic mass is 10.0. The number of pyridine rings is 1. The van der Waals surface area contributed by atoms with Crippen molar-refractivity contribution in [2.24, 2.45) is 0 Å². The Hall–Kier alpha value is -1.84. The number of hydrogen-bond acceptors (Lipinski definition) is 6. The Morgan fingerprint density at radius 3 is 3.00 bits per heavy atom. The van der Waals surface area contributed by atoms with Gasteiger partial charge in [-0.05, 0) is 19.9 Å². The molecule has 1 atom stereocenters. The second-order valence-corrected chi connectivity index (χ2v) is 5.31. The van der Waals surface area contributed by atoms with Crippen molar-refractivity contribution in [2.45, 2.75) is 25.6 Å². The van der Waals surface area contributed by atoms with Crippen molar-refractivity contribution in [3.8, 4) is 6.07 Å². The van der Waals surface area contributed by atoms with Gasteiger partial charge in [0.25, 0.3) is 0 Å². The van der Waals surface area contributed by atoms with Crippen molar-refractivity contribution in [3.63, 3.8) is 0 Å². The third kappa shape index (κ3) is 2.95. The van der Waals surface area contributed by atoms with E-state index in [0.29, 0.717) is 30.2 Å². The quantitative estimate of drug-likeness (QED) is 0.806. The van der Waals surface area contributed by atoms with E-state index in [2.05, 4.69) is 4.98 Å². The molecule has 0 saturated carbocycles. The summed E-state index contributed by atoms with van der Waals surface area (Å²) in [5, 5.41) is 18.1. The Morgan fingerprint density at radius 1 is 1.68 bits per heavy atom. The number of nitrogens with two attached hydrogens (primary N) is 1. The van der Waals surface area contributed by atoms with Crippen LogP contribution in [0.15, 0.2) is 12.3 Å². The molecular weight excluding hydrogens is 244 g/mol. The van der Waals surface area contributed by atoms with E-state index in [1.165, 1.54) is 6.20 Å². The molecule has 1 aromatic heterocycles. The lowest BCUT2D eigenvalue weighted by Crippen LogP contribution is -2.54. The zero-order valence-corrected chi connectivity index (χ0v) is 11.1. The van der Waals surface area contributed by atoms with Gasteiger partial charge in [-0.3, -0.25) is 0 Å². The molecule has 1 aliphatic rings. The van der Waals surface area contributed by atoms with E-state index < -0.39 is 0 Å². The highest BCUT2D eigenvalue weighted by Crippen LogP contribution is 2.28. The molecule has 1 aromatic rings. The van der Waals surface area contributed by atoms with Gasteiger partial charge < -0.3 is 20.5 Å². The van der Waals surface area contributed by atoms with Gasteiger partial charge in [0.15, 0.2) is 5.82 Å². The number of nitrogens with zero attached hydrogens (tertiary/aromatic N) is 3. The first-order chi connectivity index (χ1) is 8.95. The minimum absolute atomic E-state index is 0.0455. The van der Waals surface area contributed by atoms with Gasteiger partial charge in [0.2, 0.25) is 0 Å². The molecule has 0 amide bonds. The van der Waals surface area contributed by atoms with Crippen molar-refractivity contribution < 1.29 is 9.84 Å². The Balaban J connectivity index is 2.28. The summed E-state index contributed by atoms with van der Waals surface area (Å²) in [5.41, 5.74) is 6.47. The molecule has 0 bridgehead atoms. The first kappa shape index (κ1) is 13.6. The number of hydrogen-bond donors (Lipinski definition) is 2. The molecular formula is C13H18N4O2. The van der Waals surface area contributed by atoms with Gasteiger partial charge in [-0.1, -0.05) is 0 Å². The van der Waals surface area contributed by atoms with E-state index in [0.717, 1.165) is 0 Å². The molecule has 1 aliphatic heterocycles. The normalized spacial score (nSPS) is 22.0.